The van der Waals surface area contributed by atoms with Crippen LogP contribution in [0.3, 0.4) is 0 Å². The second kappa shape index (κ2) is 8.56. The van der Waals surface area contributed by atoms with Crippen molar-refractivity contribution in [3.63, 3.8) is 0 Å². The number of rotatable bonds is 4. The standard InChI is InChI=1S/C22H27N3O2S2/c1-14-4-6-17(7-5-14)25-21(27)20-18(12-16(3)29-20)23-22(25)28-13-19(26)24-10-8-15(2)9-11-24/h4-7,15-16H,8-13H2,1-3H3. The number of hydrogen-bond donors (Lipinski definition) is 0. The fourth-order valence-electron chi connectivity index (χ4n) is 3.79. The summed E-state index contributed by atoms with van der Waals surface area (Å²) in [6.07, 6.45) is 2.93. The molecule has 3 heterocycles. The van der Waals surface area contributed by atoms with Crippen LogP contribution in [0, 0.1) is 12.8 Å². The van der Waals surface area contributed by atoms with Crippen LogP contribution in [0.15, 0.2) is 39.1 Å². The second-order valence-electron chi connectivity index (χ2n) is 8.13. The Morgan fingerprint density at radius 2 is 1.90 bits per heavy atom. The number of likely N-dealkylation sites (tertiary alicyclic amines) is 1. The summed E-state index contributed by atoms with van der Waals surface area (Å²) in [4.78, 5) is 33.5. The van der Waals surface area contributed by atoms with Crippen LogP contribution >= 0.6 is 23.5 Å². The van der Waals surface area contributed by atoms with Gasteiger partial charge in [0.15, 0.2) is 5.16 Å². The molecule has 2 aliphatic heterocycles. The smallest absolute Gasteiger partial charge is 0.272 e. The molecule has 1 amide bonds. The van der Waals surface area contributed by atoms with Gasteiger partial charge in [-0.15, -0.1) is 11.8 Å². The van der Waals surface area contributed by atoms with E-state index in [0.717, 1.165) is 54.2 Å². The van der Waals surface area contributed by atoms with Crippen LogP contribution in [0.1, 0.15) is 37.9 Å². The van der Waals surface area contributed by atoms with Crippen molar-refractivity contribution >= 4 is 29.4 Å². The molecule has 1 aromatic heterocycles. The number of aryl methyl sites for hydroxylation is 1. The minimum atomic E-state index is -0.0186. The van der Waals surface area contributed by atoms with Gasteiger partial charge < -0.3 is 4.90 Å². The van der Waals surface area contributed by atoms with E-state index in [0.29, 0.717) is 22.1 Å². The van der Waals surface area contributed by atoms with E-state index in [4.69, 9.17) is 4.98 Å². The number of benzene rings is 1. The van der Waals surface area contributed by atoms with Crippen molar-refractivity contribution in [1.82, 2.24) is 14.5 Å². The van der Waals surface area contributed by atoms with Gasteiger partial charge in [-0.1, -0.05) is 43.3 Å². The Hall–Kier alpha value is -1.73. The van der Waals surface area contributed by atoms with Gasteiger partial charge in [0, 0.05) is 24.8 Å². The summed E-state index contributed by atoms with van der Waals surface area (Å²) >= 11 is 2.99. The molecule has 0 radical (unpaired) electrons. The van der Waals surface area contributed by atoms with Gasteiger partial charge >= 0.3 is 0 Å². The lowest BCUT2D eigenvalue weighted by atomic mass is 9.99. The summed E-state index contributed by atoms with van der Waals surface area (Å²) in [5, 5.41) is 0.972. The molecule has 2 aromatic rings. The second-order valence-corrected chi connectivity index (χ2v) is 10.5. The van der Waals surface area contributed by atoms with Crippen molar-refractivity contribution in [1.29, 1.82) is 0 Å². The number of carbonyl (C=O) groups is 1. The van der Waals surface area contributed by atoms with Gasteiger partial charge in [0.1, 0.15) is 0 Å². The van der Waals surface area contributed by atoms with Gasteiger partial charge in [0.05, 0.1) is 22.0 Å². The molecular weight excluding hydrogens is 402 g/mol. The lowest BCUT2D eigenvalue weighted by Gasteiger charge is -2.30. The average molecular weight is 430 g/mol. The average Bonchev–Trinajstić information content (AvgIpc) is 3.08. The third-order valence-corrected chi connectivity index (χ3v) is 7.77. The van der Waals surface area contributed by atoms with Crippen LogP contribution in [-0.2, 0) is 11.2 Å². The number of amides is 1. The Morgan fingerprint density at radius 1 is 1.21 bits per heavy atom. The van der Waals surface area contributed by atoms with Gasteiger partial charge in [0.2, 0.25) is 5.91 Å². The lowest BCUT2D eigenvalue weighted by Crippen LogP contribution is -2.39. The topological polar surface area (TPSA) is 55.2 Å². The predicted octanol–water partition coefficient (Wildman–Crippen LogP) is 3.93. The van der Waals surface area contributed by atoms with E-state index >= 15 is 0 Å². The van der Waals surface area contributed by atoms with E-state index in [1.165, 1.54) is 11.8 Å². The van der Waals surface area contributed by atoms with E-state index < -0.39 is 0 Å². The highest BCUT2D eigenvalue weighted by molar-refractivity contribution is 8.00. The van der Waals surface area contributed by atoms with Gasteiger partial charge in [0.25, 0.3) is 5.56 Å². The molecule has 4 rings (SSSR count). The van der Waals surface area contributed by atoms with E-state index in [1.54, 1.807) is 16.3 Å². The van der Waals surface area contributed by atoms with Crippen molar-refractivity contribution < 1.29 is 4.79 Å². The highest BCUT2D eigenvalue weighted by atomic mass is 32.2. The molecule has 0 spiro atoms. The SMILES string of the molecule is Cc1ccc(-n2c(SCC(=O)N3CCC(C)CC3)nc3c(c2=O)SC(C)C3)cc1. The van der Waals surface area contributed by atoms with Crippen molar-refractivity contribution in [2.24, 2.45) is 5.92 Å². The Kier molecular flexibility index (Phi) is 6.06. The summed E-state index contributed by atoms with van der Waals surface area (Å²) in [6.45, 7) is 8.05. The van der Waals surface area contributed by atoms with Crippen LogP contribution in [0.25, 0.3) is 5.69 Å². The number of thioether (sulfide) groups is 2. The summed E-state index contributed by atoms with van der Waals surface area (Å²) in [5.74, 6) is 1.14. The van der Waals surface area contributed by atoms with E-state index in [-0.39, 0.29) is 11.5 Å². The maximum Gasteiger partial charge on any atom is 0.272 e. The van der Waals surface area contributed by atoms with Gasteiger partial charge in [-0.05, 0) is 37.8 Å². The molecule has 0 saturated carbocycles. The summed E-state index contributed by atoms with van der Waals surface area (Å²) in [7, 11) is 0. The first-order valence-electron chi connectivity index (χ1n) is 10.2. The fourth-order valence-corrected chi connectivity index (χ4v) is 5.82. The molecular formula is C22H27N3O2S2. The van der Waals surface area contributed by atoms with Crippen molar-refractivity contribution in [2.45, 2.75) is 55.3 Å². The van der Waals surface area contributed by atoms with Crippen molar-refractivity contribution in [3.8, 4) is 5.69 Å². The van der Waals surface area contributed by atoms with Gasteiger partial charge in [-0.25, -0.2) is 4.98 Å². The predicted molar refractivity (Wildman–Crippen MR) is 119 cm³/mol. The zero-order valence-electron chi connectivity index (χ0n) is 17.2. The molecule has 5 nitrogen and oxygen atoms in total. The molecule has 0 bridgehead atoms. The third kappa shape index (κ3) is 4.40. The maximum absolute atomic E-state index is 13.3. The zero-order valence-corrected chi connectivity index (χ0v) is 18.8. The molecule has 0 aliphatic carbocycles. The molecule has 0 N–H and O–H groups in total. The first kappa shape index (κ1) is 20.5. The number of piperidine rings is 1. The van der Waals surface area contributed by atoms with E-state index in [2.05, 4.69) is 13.8 Å². The molecule has 1 aromatic carbocycles. The lowest BCUT2D eigenvalue weighted by molar-refractivity contribution is -0.129. The van der Waals surface area contributed by atoms with Gasteiger partial charge in [-0.2, -0.15) is 0 Å². The van der Waals surface area contributed by atoms with E-state index in [9.17, 15) is 9.59 Å². The third-order valence-electron chi connectivity index (χ3n) is 5.63. The van der Waals surface area contributed by atoms with Crippen LogP contribution in [0.4, 0.5) is 0 Å². The van der Waals surface area contributed by atoms with Gasteiger partial charge in [-0.3, -0.25) is 14.2 Å². The molecule has 29 heavy (non-hydrogen) atoms. The number of carbonyl (C=O) groups excluding carboxylic acids is 1. The highest BCUT2D eigenvalue weighted by Crippen LogP contribution is 2.35. The largest absolute Gasteiger partial charge is 0.342 e. The fraction of sp³-hybridized carbons (Fsp3) is 0.500. The summed E-state index contributed by atoms with van der Waals surface area (Å²) < 4.78 is 1.68. The summed E-state index contributed by atoms with van der Waals surface area (Å²) in [6, 6.07) is 7.90. The van der Waals surface area contributed by atoms with Crippen molar-refractivity contribution in [2.75, 3.05) is 18.8 Å². The minimum absolute atomic E-state index is 0.0186. The summed E-state index contributed by atoms with van der Waals surface area (Å²) in [5.41, 5.74) is 2.80. The molecule has 1 saturated heterocycles. The van der Waals surface area contributed by atoms with Crippen LogP contribution in [0.5, 0.6) is 0 Å². The van der Waals surface area contributed by atoms with Crippen LogP contribution in [-0.4, -0.2) is 44.5 Å². The number of hydrogen-bond acceptors (Lipinski definition) is 5. The zero-order chi connectivity index (χ0) is 20.5. The Balaban J connectivity index is 1.62. The molecule has 2 aliphatic rings. The van der Waals surface area contributed by atoms with Crippen LogP contribution < -0.4 is 5.56 Å². The molecule has 154 valence electrons. The number of nitrogens with zero attached hydrogens (tertiary/aromatic N) is 3. The quantitative estimate of drug-likeness (QED) is 0.544. The van der Waals surface area contributed by atoms with E-state index in [1.807, 2.05) is 36.1 Å². The molecule has 1 fully saturated rings. The minimum Gasteiger partial charge on any atom is -0.342 e. The number of aromatic nitrogens is 2. The highest BCUT2D eigenvalue weighted by Gasteiger charge is 2.27. The Labute approximate surface area is 180 Å². The maximum atomic E-state index is 13.3. The molecule has 1 atom stereocenters. The Morgan fingerprint density at radius 3 is 2.59 bits per heavy atom. The van der Waals surface area contributed by atoms with Crippen LogP contribution in [0.2, 0.25) is 0 Å². The van der Waals surface area contributed by atoms with Crippen molar-refractivity contribution in [3.05, 3.63) is 45.9 Å². The number of fused-ring (bicyclic) bond motifs is 1. The Bertz CT molecular complexity index is 963. The first-order valence-corrected chi connectivity index (χ1v) is 12.1. The molecule has 1 unspecified atom stereocenters. The monoisotopic (exact) mass is 429 g/mol. The first-order chi connectivity index (χ1) is 13.9. The normalized spacial score (nSPS) is 19.4. The molecule has 7 heteroatoms.